The standard InChI is InChI=1S/C29H26N4/c1-3-24-21(2)28(33-32-24)25-17-12-19-27(31-25)29(22-13-6-4-7-14-22,23-15-8-5-9-16-23)26-18-10-11-20-30-26/h4-20H,3H2,1-2H3,(H,32,33). The first-order valence-electron chi connectivity index (χ1n) is 11.3. The Labute approximate surface area is 194 Å². The number of benzene rings is 2. The van der Waals surface area contributed by atoms with Gasteiger partial charge in [0.25, 0.3) is 0 Å². The molecular formula is C29H26N4. The summed E-state index contributed by atoms with van der Waals surface area (Å²) in [5.41, 5.74) is 7.44. The third-order valence-corrected chi connectivity index (χ3v) is 6.30. The molecule has 5 aromatic rings. The van der Waals surface area contributed by atoms with E-state index in [2.05, 4.69) is 90.8 Å². The van der Waals surface area contributed by atoms with Gasteiger partial charge in [0.05, 0.1) is 17.1 Å². The van der Waals surface area contributed by atoms with Crippen LogP contribution in [0.1, 0.15) is 40.7 Å². The molecule has 4 nitrogen and oxygen atoms in total. The van der Waals surface area contributed by atoms with Crippen LogP contribution in [0.25, 0.3) is 11.4 Å². The molecule has 0 aliphatic heterocycles. The molecule has 0 radical (unpaired) electrons. The van der Waals surface area contributed by atoms with Crippen molar-refractivity contribution < 1.29 is 0 Å². The van der Waals surface area contributed by atoms with Crippen molar-refractivity contribution in [1.82, 2.24) is 20.2 Å². The Hall–Kier alpha value is -4.05. The molecule has 5 rings (SSSR count). The number of H-pyrrole nitrogens is 1. The highest BCUT2D eigenvalue weighted by molar-refractivity contribution is 5.62. The SMILES string of the molecule is CCc1[nH]nc(-c2cccc(C(c3ccccc3)(c3ccccc3)c3ccccn3)n2)c1C. The van der Waals surface area contributed by atoms with Gasteiger partial charge < -0.3 is 0 Å². The van der Waals surface area contributed by atoms with Gasteiger partial charge in [-0.3, -0.25) is 10.1 Å². The molecule has 0 aliphatic carbocycles. The maximum Gasteiger partial charge on any atom is 0.114 e. The van der Waals surface area contributed by atoms with Gasteiger partial charge >= 0.3 is 0 Å². The maximum atomic E-state index is 5.23. The fraction of sp³-hybridized carbons (Fsp3) is 0.138. The van der Waals surface area contributed by atoms with Crippen molar-refractivity contribution in [3.05, 3.63) is 137 Å². The van der Waals surface area contributed by atoms with E-state index in [9.17, 15) is 0 Å². The number of hydrogen-bond donors (Lipinski definition) is 1. The zero-order valence-electron chi connectivity index (χ0n) is 18.9. The summed E-state index contributed by atoms with van der Waals surface area (Å²) in [6.07, 6.45) is 2.76. The lowest BCUT2D eigenvalue weighted by Gasteiger charge is -2.34. The molecule has 1 N–H and O–H groups in total. The highest BCUT2D eigenvalue weighted by Gasteiger charge is 2.41. The van der Waals surface area contributed by atoms with E-state index in [4.69, 9.17) is 9.97 Å². The first kappa shape index (κ1) is 20.8. The molecule has 4 heteroatoms. The monoisotopic (exact) mass is 430 g/mol. The van der Waals surface area contributed by atoms with Gasteiger partial charge in [-0.05, 0) is 54.3 Å². The second kappa shape index (κ2) is 8.83. The lowest BCUT2D eigenvalue weighted by atomic mass is 9.69. The second-order valence-corrected chi connectivity index (χ2v) is 8.13. The Bertz CT molecular complexity index is 1250. The minimum atomic E-state index is -0.669. The lowest BCUT2D eigenvalue weighted by Crippen LogP contribution is -2.33. The first-order valence-corrected chi connectivity index (χ1v) is 11.3. The van der Waals surface area contributed by atoms with Gasteiger partial charge in [0.15, 0.2) is 0 Å². The normalized spacial score (nSPS) is 11.5. The molecule has 0 atom stereocenters. The number of nitrogens with zero attached hydrogens (tertiary/aromatic N) is 3. The Morgan fingerprint density at radius 1 is 0.727 bits per heavy atom. The van der Waals surface area contributed by atoms with Gasteiger partial charge in [0.2, 0.25) is 0 Å². The van der Waals surface area contributed by atoms with Crippen LogP contribution in [0.5, 0.6) is 0 Å². The van der Waals surface area contributed by atoms with Crippen LogP contribution in [0.2, 0.25) is 0 Å². The van der Waals surface area contributed by atoms with Crippen LogP contribution in [-0.4, -0.2) is 20.2 Å². The summed E-state index contributed by atoms with van der Waals surface area (Å²) in [4.78, 5) is 10.1. The van der Waals surface area contributed by atoms with Gasteiger partial charge in [0, 0.05) is 11.9 Å². The van der Waals surface area contributed by atoms with E-state index in [-0.39, 0.29) is 0 Å². The molecule has 0 unspecified atom stereocenters. The zero-order chi connectivity index (χ0) is 22.7. The van der Waals surface area contributed by atoms with Crippen LogP contribution in [0.15, 0.2) is 103 Å². The number of aromatic nitrogens is 4. The summed E-state index contributed by atoms with van der Waals surface area (Å²) in [5, 5.41) is 7.77. The maximum absolute atomic E-state index is 5.23. The van der Waals surface area contributed by atoms with Crippen molar-refractivity contribution in [3.63, 3.8) is 0 Å². The first-order chi connectivity index (χ1) is 16.2. The van der Waals surface area contributed by atoms with E-state index in [1.165, 1.54) is 0 Å². The van der Waals surface area contributed by atoms with Crippen molar-refractivity contribution in [2.24, 2.45) is 0 Å². The van der Waals surface area contributed by atoms with Crippen molar-refractivity contribution in [2.75, 3.05) is 0 Å². The van der Waals surface area contributed by atoms with E-state index < -0.39 is 5.41 Å². The fourth-order valence-electron chi connectivity index (χ4n) is 4.65. The zero-order valence-corrected chi connectivity index (χ0v) is 18.9. The third kappa shape index (κ3) is 3.54. The van der Waals surface area contributed by atoms with Crippen molar-refractivity contribution in [1.29, 1.82) is 0 Å². The average molecular weight is 431 g/mol. The average Bonchev–Trinajstić information content (AvgIpc) is 3.27. The number of aryl methyl sites for hydroxylation is 1. The van der Waals surface area contributed by atoms with Crippen LogP contribution in [-0.2, 0) is 11.8 Å². The Morgan fingerprint density at radius 3 is 1.94 bits per heavy atom. The second-order valence-electron chi connectivity index (χ2n) is 8.13. The third-order valence-electron chi connectivity index (χ3n) is 6.30. The molecule has 0 bridgehead atoms. The molecule has 0 spiro atoms. The minimum Gasteiger partial charge on any atom is -0.282 e. The van der Waals surface area contributed by atoms with E-state index in [0.29, 0.717) is 0 Å². The van der Waals surface area contributed by atoms with Crippen LogP contribution in [0, 0.1) is 6.92 Å². The van der Waals surface area contributed by atoms with Gasteiger partial charge in [0.1, 0.15) is 11.1 Å². The van der Waals surface area contributed by atoms with Gasteiger partial charge in [-0.1, -0.05) is 79.7 Å². The molecule has 0 saturated heterocycles. The molecule has 162 valence electrons. The number of aromatic amines is 1. The Morgan fingerprint density at radius 2 is 1.36 bits per heavy atom. The van der Waals surface area contributed by atoms with Crippen LogP contribution in [0.3, 0.4) is 0 Å². The summed E-state index contributed by atoms with van der Waals surface area (Å²) in [7, 11) is 0. The molecule has 0 amide bonds. The summed E-state index contributed by atoms with van der Waals surface area (Å²) in [5.74, 6) is 0. The molecule has 3 aromatic heterocycles. The molecule has 2 aromatic carbocycles. The molecule has 3 heterocycles. The summed E-state index contributed by atoms with van der Waals surface area (Å²) >= 11 is 0. The molecule has 0 fully saturated rings. The Kier molecular flexibility index (Phi) is 5.57. The van der Waals surface area contributed by atoms with Crippen molar-refractivity contribution in [3.8, 4) is 11.4 Å². The van der Waals surface area contributed by atoms with Gasteiger partial charge in [-0.2, -0.15) is 5.10 Å². The lowest BCUT2D eigenvalue weighted by molar-refractivity contribution is 0.688. The highest BCUT2D eigenvalue weighted by atomic mass is 15.1. The topological polar surface area (TPSA) is 54.5 Å². The fourth-order valence-corrected chi connectivity index (χ4v) is 4.65. The number of nitrogens with one attached hydrogen (secondary N) is 1. The van der Waals surface area contributed by atoms with Crippen LogP contribution in [0.4, 0.5) is 0 Å². The molecule has 33 heavy (non-hydrogen) atoms. The quantitative estimate of drug-likeness (QED) is 0.353. The van der Waals surface area contributed by atoms with Crippen LogP contribution >= 0.6 is 0 Å². The summed E-state index contributed by atoms with van der Waals surface area (Å²) in [6, 6.07) is 33.3. The van der Waals surface area contributed by atoms with E-state index in [1.54, 1.807) is 0 Å². The van der Waals surface area contributed by atoms with Crippen LogP contribution < -0.4 is 0 Å². The van der Waals surface area contributed by atoms with E-state index in [0.717, 1.165) is 51.6 Å². The number of rotatable bonds is 6. The van der Waals surface area contributed by atoms with E-state index >= 15 is 0 Å². The molecular weight excluding hydrogens is 404 g/mol. The predicted octanol–water partition coefficient (Wildman–Crippen LogP) is 6.12. The smallest absolute Gasteiger partial charge is 0.114 e. The van der Waals surface area contributed by atoms with Crippen molar-refractivity contribution >= 4 is 0 Å². The van der Waals surface area contributed by atoms with E-state index in [1.807, 2.05) is 36.5 Å². The van der Waals surface area contributed by atoms with Gasteiger partial charge in [-0.25, -0.2) is 4.98 Å². The highest BCUT2D eigenvalue weighted by Crippen LogP contribution is 2.43. The Balaban J connectivity index is 1.83. The molecule has 0 aliphatic rings. The largest absolute Gasteiger partial charge is 0.282 e. The predicted molar refractivity (Wildman–Crippen MR) is 132 cm³/mol. The number of pyridine rings is 2. The number of hydrogen-bond acceptors (Lipinski definition) is 3. The molecule has 0 saturated carbocycles. The van der Waals surface area contributed by atoms with Gasteiger partial charge in [-0.15, -0.1) is 0 Å². The van der Waals surface area contributed by atoms with Crippen molar-refractivity contribution in [2.45, 2.75) is 25.7 Å². The minimum absolute atomic E-state index is 0.669. The summed E-state index contributed by atoms with van der Waals surface area (Å²) in [6.45, 7) is 4.23. The summed E-state index contributed by atoms with van der Waals surface area (Å²) < 4.78 is 0.